The summed E-state index contributed by atoms with van der Waals surface area (Å²) in [5.74, 6) is -0.515. The number of hydrogen-bond acceptors (Lipinski definition) is 5. The number of ether oxygens (including phenoxy) is 1. The SMILES string of the molecule is O=C(COC(=O)CSCc1ccc(Cl)s1)Nc1ccc(F)cc1. The van der Waals surface area contributed by atoms with Gasteiger partial charge < -0.3 is 10.1 Å². The van der Waals surface area contributed by atoms with Gasteiger partial charge in [-0.25, -0.2) is 4.39 Å². The minimum atomic E-state index is -0.472. The standard InChI is InChI=1S/C15H13ClFNO3S2/c16-13-6-5-12(23-13)8-22-9-15(20)21-7-14(19)18-11-3-1-10(17)2-4-11/h1-6H,7-9H2,(H,18,19). The van der Waals surface area contributed by atoms with Gasteiger partial charge in [-0.1, -0.05) is 11.6 Å². The zero-order valence-corrected chi connectivity index (χ0v) is 14.3. The van der Waals surface area contributed by atoms with Crippen LogP contribution in [0.4, 0.5) is 10.1 Å². The molecular formula is C15H13ClFNO3S2. The van der Waals surface area contributed by atoms with E-state index in [1.54, 1.807) is 6.07 Å². The number of rotatable bonds is 7. The molecule has 0 atom stereocenters. The molecule has 0 saturated carbocycles. The van der Waals surface area contributed by atoms with E-state index in [0.29, 0.717) is 15.8 Å². The van der Waals surface area contributed by atoms with E-state index < -0.39 is 17.7 Å². The lowest BCUT2D eigenvalue weighted by Crippen LogP contribution is -2.21. The molecule has 0 aliphatic rings. The van der Waals surface area contributed by atoms with E-state index in [0.717, 1.165) is 4.88 Å². The summed E-state index contributed by atoms with van der Waals surface area (Å²) in [4.78, 5) is 24.2. The molecule has 1 heterocycles. The van der Waals surface area contributed by atoms with Gasteiger partial charge in [-0.3, -0.25) is 9.59 Å². The fourth-order valence-corrected chi connectivity index (χ4v) is 3.60. The lowest BCUT2D eigenvalue weighted by atomic mass is 10.3. The van der Waals surface area contributed by atoms with Crippen molar-refractivity contribution in [1.82, 2.24) is 0 Å². The number of benzene rings is 1. The number of thiophene rings is 1. The first kappa shape index (κ1) is 17.8. The minimum absolute atomic E-state index is 0.152. The first-order chi connectivity index (χ1) is 11.0. The molecule has 0 unspecified atom stereocenters. The number of nitrogens with one attached hydrogen (secondary N) is 1. The van der Waals surface area contributed by atoms with Crippen LogP contribution in [0.25, 0.3) is 0 Å². The Labute approximate surface area is 146 Å². The molecule has 0 aliphatic heterocycles. The quantitative estimate of drug-likeness (QED) is 0.746. The van der Waals surface area contributed by atoms with Crippen LogP contribution < -0.4 is 5.32 Å². The van der Waals surface area contributed by atoms with Crippen LogP contribution in [-0.2, 0) is 20.1 Å². The molecule has 1 N–H and O–H groups in total. The number of halogens is 2. The maximum Gasteiger partial charge on any atom is 0.316 e. The number of amides is 1. The highest BCUT2D eigenvalue weighted by Crippen LogP contribution is 2.25. The molecule has 0 spiro atoms. The third kappa shape index (κ3) is 6.60. The maximum atomic E-state index is 12.7. The molecule has 1 aromatic carbocycles. The minimum Gasteiger partial charge on any atom is -0.455 e. The highest BCUT2D eigenvalue weighted by atomic mass is 35.5. The average Bonchev–Trinajstić information content (AvgIpc) is 2.93. The van der Waals surface area contributed by atoms with E-state index in [1.807, 2.05) is 6.07 Å². The van der Waals surface area contributed by atoms with Crippen molar-refractivity contribution in [2.75, 3.05) is 17.7 Å². The van der Waals surface area contributed by atoms with E-state index in [9.17, 15) is 14.0 Å². The Morgan fingerprint density at radius 3 is 2.61 bits per heavy atom. The molecule has 2 rings (SSSR count). The Balaban J connectivity index is 1.63. The Morgan fingerprint density at radius 2 is 1.96 bits per heavy atom. The van der Waals surface area contributed by atoms with Crippen LogP contribution in [0.2, 0.25) is 4.34 Å². The van der Waals surface area contributed by atoms with Crippen LogP contribution in [-0.4, -0.2) is 24.2 Å². The number of carbonyl (C=O) groups excluding carboxylic acids is 2. The van der Waals surface area contributed by atoms with Gasteiger partial charge in [0.15, 0.2) is 6.61 Å². The summed E-state index contributed by atoms with van der Waals surface area (Å²) in [6.45, 7) is -0.373. The number of hydrogen-bond donors (Lipinski definition) is 1. The molecule has 23 heavy (non-hydrogen) atoms. The zero-order chi connectivity index (χ0) is 16.7. The lowest BCUT2D eigenvalue weighted by Gasteiger charge is -2.06. The second kappa shape index (κ2) is 8.90. The molecule has 0 radical (unpaired) electrons. The molecule has 0 aliphatic carbocycles. The van der Waals surface area contributed by atoms with Crippen molar-refractivity contribution >= 4 is 52.3 Å². The summed E-state index contributed by atoms with van der Waals surface area (Å²) in [5.41, 5.74) is 0.441. The Kier molecular flexibility index (Phi) is 6.88. The smallest absolute Gasteiger partial charge is 0.316 e. The van der Waals surface area contributed by atoms with Crippen LogP contribution in [0.15, 0.2) is 36.4 Å². The van der Waals surface area contributed by atoms with Crippen LogP contribution >= 0.6 is 34.7 Å². The van der Waals surface area contributed by atoms with E-state index >= 15 is 0 Å². The van der Waals surface area contributed by atoms with E-state index in [2.05, 4.69) is 5.32 Å². The fraction of sp³-hybridized carbons (Fsp3) is 0.200. The molecule has 8 heteroatoms. The summed E-state index contributed by atoms with van der Waals surface area (Å²) in [7, 11) is 0. The van der Waals surface area contributed by atoms with Crippen molar-refractivity contribution in [1.29, 1.82) is 0 Å². The Bertz CT molecular complexity index is 676. The average molecular weight is 374 g/mol. The third-order valence-corrected chi connectivity index (χ3v) is 4.95. The summed E-state index contributed by atoms with van der Waals surface area (Å²) >= 11 is 8.66. The first-order valence-electron chi connectivity index (χ1n) is 6.56. The van der Waals surface area contributed by atoms with Crippen molar-refractivity contribution in [2.45, 2.75) is 5.75 Å². The van der Waals surface area contributed by atoms with Crippen LogP contribution in [0.1, 0.15) is 4.88 Å². The highest BCUT2D eigenvalue weighted by molar-refractivity contribution is 7.99. The summed E-state index contributed by atoms with van der Waals surface area (Å²) < 4.78 is 18.3. The maximum absolute atomic E-state index is 12.7. The second-order valence-electron chi connectivity index (χ2n) is 4.41. The first-order valence-corrected chi connectivity index (χ1v) is 8.91. The predicted octanol–water partition coefficient (Wildman–Crippen LogP) is 3.96. The van der Waals surface area contributed by atoms with Gasteiger partial charge in [0.25, 0.3) is 5.91 Å². The van der Waals surface area contributed by atoms with Crippen LogP contribution in [0, 0.1) is 5.82 Å². The molecule has 1 amide bonds. The molecule has 122 valence electrons. The van der Waals surface area contributed by atoms with Gasteiger partial charge in [-0.05, 0) is 36.4 Å². The number of thioether (sulfide) groups is 1. The predicted molar refractivity (Wildman–Crippen MR) is 91.5 cm³/mol. The molecule has 1 aromatic heterocycles. The molecule has 2 aromatic rings. The number of carbonyl (C=O) groups is 2. The molecular weight excluding hydrogens is 361 g/mol. The normalized spacial score (nSPS) is 10.3. The van der Waals surface area contributed by atoms with Gasteiger partial charge in [0.05, 0.1) is 10.1 Å². The van der Waals surface area contributed by atoms with Crippen LogP contribution in [0.3, 0.4) is 0 Å². The van der Waals surface area contributed by atoms with Gasteiger partial charge in [-0.2, -0.15) is 0 Å². The van der Waals surface area contributed by atoms with Gasteiger partial charge >= 0.3 is 5.97 Å². The summed E-state index contributed by atoms with van der Waals surface area (Å²) in [5, 5.41) is 2.51. The monoisotopic (exact) mass is 373 g/mol. The number of anilines is 1. The molecule has 0 saturated heterocycles. The van der Waals surface area contributed by atoms with Crippen molar-refractivity contribution in [3.8, 4) is 0 Å². The van der Waals surface area contributed by atoms with Gasteiger partial charge in [-0.15, -0.1) is 23.1 Å². The van der Waals surface area contributed by atoms with Gasteiger partial charge in [0, 0.05) is 16.3 Å². The van der Waals surface area contributed by atoms with Crippen molar-refractivity contribution in [3.63, 3.8) is 0 Å². The van der Waals surface area contributed by atoms with Crippen LogP contribution in [0.5, 0.6) is 0 Å². The molecule has 4 nitrogen and oxygen atoms in total. The van der Waals surface area contributed by atoms with E-state index in [4.69, 9.17) is 16.3 Å². The molecule has 0 bridgehead atoms. The fourth-order valence-electron chi connectivity index (χ4n) is 1.58. The summed E-state index contributed by atoms with van der Waals surface area (Å²) in [6, 6.07) is 9.03. The van der Waals surface area contributed by atoms with Gasteiger partial charge in [0.1, 0.15) is 5.82 Å². The highest BCUT2D eigenvalue weighted by Gasteiger charge is 2.09. The topological polar surface area (TPSA) is 55.4 Å². The lowest BCUT2D eigenvalue weighted by molar-refractivity contribution is -0.144. The van der Waals surface area contributed by atoms with Crippen molar-refractivity contribution in [2.24, 2.45) is 0 Å². The molecule has 0 fully saturated rings. The Morgan fingerprint density at radius 1 is 1.22 bits per heavy atom. The largest absolute Gasteiger partial charge is 0.455 e. The van der Waals surface area contributed by atoms with Gasteiger partial charge in [0.2, 0.25) is 0 Å². The van der Waals surface area contributed by atoms with Crippen molar-refractivity contribution < 1.29 is 18.7 Å². The van der Waals surface area contributed by atoms with E-state index in [-0.39, 0.29) is 12.4 Å². The second-order valence-corrected chi connectivity index (χ2v) is 7.20. The van der Waals surface area contributed by atoms with E-state index in [1.165, 1.54) is 47.4 Å². The van der Waals surface area contributed by atoms with Crippen molar-refractivity contribution in [3.05, 3.63) is 51.4 Å². The summed E-state index contributed by atoms with van der Waals surface area (Å²) in [6.07, 6.45) is 0. The Hall–Kier alpha value is -1.57. The third-order valence-electron chi connectivity index (χ3n) is 2.59. The number of esters is 1. The zero-order valence-electron chi connectivity index (χ0n) is 11.9.